The van der Waals surface area contributed by atoms with Crippen LogP contribution < -0.4 is 10.6 Å². The van der Waals surface area contributed by atoms with Crippen LogP contribution in [0.1, 0.15) is 43.9 Å². The second-order valence-corrected chi connectivity index (χ2v) is 6.10. The van der Waals surface area contributed by atoms with Crippen LogP contribution in [-0.4, -0.2) is 23.5 Å². The Morgan fingerprint density at radius 3 is 3.08 bits per heavy atom. The van der Waals surface area contributed by atoms with Crippen LogP contribution in [0.4, 0.5) is 5.69 Å². The highest BCUT2D eigenvalue weighted by Gasteiger charge is 2.16. The Morgan fingerprint density at radius 1 is 1.42 bits per heavy atom. The first-order valence-corrected chi connectivity index (χ1v) is 8.53. The van der Waals surface area contributed by atoms with Crippen molar-refractivity contribution in [3.05, 3.63) is 41.9 Å². The Morgan fingerprint density at radius 2 is 2.29 bits per heavy atom. The highest BCUT2D eigenvalue weighted by molar-refractivity contribution is 5.95. The SMILES string of the molecule is C=C1NCc2cc3c(/C(=C/CCCC)C/C=N\C)n[nH]c3cc2N1. The average molecular weight is 323 g/mol. The van der Waals surface area contributed by atoms with Gasteiger partial charge in [-0.2, -0.15) is 5.10 Å². The molecule has 1 aliphatic heterocycles. The Hall–Kier alpha value is -2.56. The van der Waals surface area contributed by atoms with Gasteiger partial charge in [-0.05, 0) is 29.7 Å². The molecule has 1 aromatic heterocycles. The van der Waals surface area contributed by atoms with E-state index in [-0.39, 0.29) is 0 Å². The predicted molar refractivity (Wildman–Crippen MR) is 102 cm³/mol. The lowest BCUT2D eigenvalue weighted by molar-refractivity contribution is 0.798. The second kappa shape index (κ2) is 7.34. The van der Waals surface area contributed by atoms with Crippen molar-refractivity contribution in [2.45, 2.75) is 39.2 Å². The van der Waals surface area contributed by atoms with Gasteiger partial charge in [-0.25, -0.2) is 0 Å². The van der Waals surface area contributed by atoms with E-state index in [2.05, 4.69) is 57.5 Å². The Kier molecular flexibility index (Phi) is 4.99. The summed E-state index contributed by atoms with van der Waals surface area (Å²) >= 11 is 0. The number of nitrogens with zero attached hydrogens (tertiary/aromatic N) is 2. The van der Waals surface area contributed by atoms with E-state index >= 15 is 0 Å². The summed E-state index contributed by atoms with van der Waals surface area (Å²) in [5.74, 6) is 0.834. The van der Waals surface area contributed by atoms with Crippen LogP contribution in [0, 0.1) is 0 Å². The molecule has 2 heterocycles. The molecule has 0 atom stereocenters. The number of aromatic amines is 1. The summed E-state index contributed by atoms with van der Waals surface area (Å²) in [5, 5.41) is 15.5. The van der Waals surface area contributed by atoms with Gasteiger partial charge in [-0.3, -0.25) is 5.10 Å². The van der Waals surface area contributed by atoms with Gasteiger partial charge in [0.1, 0.15) is 0 Å². The minimum absolute atomic E-state index is 0.785. The molecule has 5 nitrogen and oxygen atoms in total. The number of allylic oxidation sites excluding steroid dienone is 2. The summed E-state index contributed by atoms with van der Waals surface area (Å²) in [7, 11) is 1.81. The molecule has 2 aromatic rings. The number of benzene rings is 1. The molecule has 0 amide bonds. The lowest BCUT2D eigenvalue weighted by Gasteiger charge is -2.21. The number of aliphatic imine (C=N–C) groups is 1. The Bertz CT molecular complexity index is 797. The Balaban J connectivity index is 2.00. The molecule has 0 fully saturated rings. The molecule has 126 valence electrons. The molecular weight excluding hydrogens is 298 g/mol. The summed E-state index contributed by atoms with van der Waals surface area (Å²) < 4.78 is 0. The van der Waals surface area contributed by atoms with E-state index in [0.717, 1.165) is 47.5 Å². The lowest BCUT2D eigenvalue weighted by atomic mass is 10.0. The molecule has 24 heavy (non-hydrogen) atoms. The molecule has 0 radical (unpaired) electrons. The first kappa shape index (κ1) is 16.3. The van der Waals surface area contributed by atoms with Gasteiger partial charge in [0.2, 0.25) is 0 Å². The number of hydrogen-bond donors (Lipinski definition) is 3. The van der Waals surface area contributed by atoms with Crippen molar-refractivity contribution in [3.63, 3.8) is 0 Å². The number of rotatable bonds is 6. The molecule has 0 spiro atoms. The standard InChI is InChI=1S/C19H25N5/c1-4-5-6-7-14(8-9-20-3)19-16-10-15-12-21-13(2)22-17(15)11-18(16)23-24-19/h7,9-11,21-22H,2,4-6,8,12H2,1,3H3,(H,23,24)/b14-7+,20-9-. The fourth-order valence-electron chi connectivity index (χ4n) is 2.97. The number of nitrogens with one attached hydrogen (secondary N) is 3. The first-order chi connectivity index (χ1) is 11.7. The zero-order chi connectivity index (χ0) is 16.9. The molecule has 3 rings (SSSR count). The molecule has 3 N–H and O–H groups in total. The van der Waals surface area contributed by atoms with Crippen molar-refractivity contribution in [1.82, 2.24) is 15.5 Å². The zero-order valence-corrected chi connectivity index (χ0v) is 14.4. The molecule has 5 heteroatoms. The third kappa shape index (κ3) is 3.35. The van der Waals surface area contributed by atoms with Crippen LogP contribution >= 0.6 is 0 Å². The van der Waals surface area contributed by atoms with E-state index in [1.54, 1.807) is 0 Å². The minimum Gasteiger partial charge on any atom is -0.368 e. The zero-order valence-electron chi connectivity index (χ0n) is 14.4. The van der Waals surface area contributed by atoms with Gasteiger partial charge in [0, 0.05) is 37.3 Å². The molecule has 0 unspecified atom stereocenters. The predicted octanol–water partition coefficient (Wildman–Crippen LogP) is 4.21. The number of hydrogen-bond acceptors (Lipinski definition) is 4. The van der Waals surface area contributed by atoms with Crippen molar-refractivity contribution in [1.29, 1.82) is 0 Å². The summed E-state index contributed by atoms with van der Waals surface area (Å²) in [6.07, 6.45) is 8.53. The summed E-state index contributed by atoms with van der Waals surface area (Å²) in [6, 6.07) is 4.33. The molecule has 0 saturated carbocycles. The van der Waals surface area contributed by atoms with Crippen LogP contribution in [0.3, 0.4) is 0 Å². The maximum atomic E-state index is 4.59. The van der Waals surface area contributed by atoms with E-state index in [4.69, 9.17) is 0 Å². The van der Waals surface area contributed by atoms with Crippen LogP contribution in [0.25, 0.3) is 16.5 Å². The molecule has 1 aromatic carbocycles. The van der Waals surface area contributed by atoms with E-state index in [1.807, 2.05) is 13.3 Å². The maximum absolute atomic E-state index is 4.59. The highest BCUT2D eigenvalue weighted by atomic mass is 15.1. The summed E-state index contributed by atoms with van der Waals surface area (Å²) in [4.78, 5) is 4.14. The second-order valence-electron chi connectivity index (χ2n) is 6.10. The van der Waals surface area contributed by atoms with E-state index in [9.17, 15) is 0 Å². The normalized spacial score (nSPS) is 14.8. The molecule has 1 aliphatic rings. The van der Waals surface area contributed by atoms with Gasteiger partial charge in [0.15, 0.2) is 0 Å². The fraction of sp³-hybridized carbons (Fsp3) is 0.368. The minimum atomic E-state index is 0.785. The molecular formula is C19H25N5. The van der Waals surface area contributed by atoms with Crippen molar-refractivity contribution >= 4 is 28.4 Å². The smallest absolute Gasteiger partial charge is 0.0959 e. The van der Waals surface area contributed by atoms with Gasteiger partial charge in [-0.15, -0.1) is 0 Å². The summed E-state index contributed by atoms with van der Waals surface area (Å²) in [5.41, 5.74) is 5.64. The highest BCUT2D eigenvalue weighted by Crippen LogP contribution is 2.31. The van der Waals surface area contributed by atoms with Gasteiger partial charge < -0.3 is 15.6 Å². The van der Waals surface area contributed by atoms with E-state index < -0.39 is 0 Å². The van der Waals surface area contributed by atoms with Gasteiger partial charge in [0.05, 0.1) is 17.0 Å². The summed E-state index contributed by atoms with van der Waals surface area (Å²) in [6.45, 7) is 6.93. The number of unbranched alkanes of at least 4 members (excludes halogenated alkanes) is 2. The number of H-pyrrole nitrogens is 1. The van der Waals surface area contributed by atoms with Crippen LogP contribution in [0.15, 0.2) is 35.6 Å². The number of fused-ring (bicyclic) bond motifs is 2. The topological polar surface area (TPSA) is 65.1 Å². The number of anilines is 1. The fourth-order valence-corrected chi connectivity index (χ4v) is 2.97. The Labute approximate surface area is 142 Å². The quantitative estimate of drug-likeness (QED) is 0.551. The van der Waals surface area contributed by atoms with Crippen molar-refractivity contribution < 1.29 is 0 Å². The third-order valence-corrected chi connectivity index (χ3v) is 4.31. The van der Waals surface area contributed by atoms with Crippen LogP contribution in [0.2, 0.25) is 0 Å². The third-order valence-electron chi connectivity index (χ3n) is 4.31. The van der Waals surface area contributed by atoms with E-state index in [0.29, 0.717) is 0 Å². The van der Waals surface area contributed by atoms with Gasteiger partial charge >= 0.3 is 0 Å². The monoisotopic (exact) mass is 323 g/mol. The van der Waals surface area contributed by atoms with Crippen LogP contribution in [-0.2, 0) is 6.54 Å². The van der Waals surface area contributed by atoms with Crippen molar-refractivity contribution in [3.8, 4) is 0 Å². The molecule has 0 saturated heterocycles. The van der Waals surface area contributed by atoms with Crippen LogP contribution in [0.5, 0.6) is 0 Å². The maximum Gasteiger partial charge on any atom is 0.0959 e. The van der Waals surface area contributed by atoms with Crippen molar-refractivity contribution in [2.24, 2.45) is 4.99 Å². The van der Waals surface area contributed by atoms with E-state index in [1.165, 1.54) is 24.0 Å². The average Bonchev–Trinajstić information content (AvgIpc) is 2.98. The molecule has 0 bridgehead atoms. The number of aromatic nitrogens is 2. The van der Waals surface area contributed by atoms with Gasteiger partial charge in [-0.1, -0.05) is 32.4 Å². The molecule has 0 aliphatic carbocycles. The van der Waals surface area contributed by atoms with Gasteiger partial charge in [0.25, 0.3) is 0 Å². The van der Waals surface area contributed by atoms with Crippen molar-refractivity contribution in [2.75, 3.05) is 12.4 Å². The largest absolute Gasteiger partial charge is 0.368 e. The lowest BCUT2D eigenvalue weighted by Crippen LogP contribution is -2.24. The first-order valence-electron chi connectivity index (χ1n) is 8.53.